The number of hydrogen-bond donors (Lipinski definition) is 1. The molecule has 0 unspecified atom stereocenters. The van der Waals surface area contributed by atoms with Gasteiger partial charge in [0.15, 0.2) is 0 Å². The molecular weight excluding hydrogens is 248 g/mol. The van der Waals surface area contributed by atoms with Crippen molar-refractivity contribution in [2.24, 2.45) is 0 Å². The van der Waals surface area contributed by atoms with E-state index in [2.05, 4.69) is 12.2 Å². The van der Waals surface area contributed by atoms with Gasteiger partial charge in [0.25, 0.3) is 0 Å². The molecule has 0 saturated heterocycles. The van der Waals surface area contributed by atoms with Crippen molar-refractivity contribution >= 4 is 17.2 Å². The summed E-state index contributed by atoms with van der Waals surface area (Å²) in [5, 5.41) is 4.72. The molecule has 5 heteroatoms. The summed E-state index contributed by atoms with van der Waals surface area (Å²) in [6, 6.07) is 0. The molecule has 102 valence electrons. The minimum absolute atomic E-state index is 0.0169. The second kappa shape index (κ2) is 8.08. The van der Waals surface area contributed by atoms with Crippen LogP contribution < -0.4 is 10.2 Å². The monoisotopic (exact) mass is 270 g/mol. The van der Waals surface area contributed by atoms with Gasteiger partial charge in [0.05, 0.1) is 0 Å². The molecule has 1 N–H and O–H groups in total. The summed E-state index contributed by atoms with van der Waals surface area (Å²) in [5.74, 6) is 0.0315. The molecule has 0 atom stereocenters. The minimum atomic E-state index is 0.0169. The summed E-state index contributed by atoms with van der Waals surface area (Å²) in [5.41, 5.74) is 0.931. The van der Waals surface area contributed by atoms with Gasteiger partial charge in [0.2, 0.25) is 5.91 Å². The molecule has 4 nitrogen and oxygen atoms in total. The van der Waals surface area contributed by atoms with E-state index in [-0.39, 0.29) is 10.8 Å². The summed E-state index contributed by atoms with van der Waals surface area (Å²) >= 11 is 1.19. The lowest BCUT2D eigenvalue weighted by Crippen LogP contribution is -2.27. The van der Waals surface area contributed by atoms with E-state index in [0.717, 1.165) is 18.7 Å². The standard InChI is InChI=1S/C13H22N2O2S/c1-3-4-5-6-8-14-12(16)7-9-15-11(2)10-18-13(15)17/h10H,3-9H2,1-2H3,(H,14,16). The largest absolute Gasteiger partial charge is 0.356 e. The van der Waals surface area contributed by atoms with Crippen molar-refractivity contribution in [3.8, 4) is 0 Å². The van der Waals surface area contributed by atoms with Gasteiger partial charge in [-0.2, -0.15) is 0 Å². The number of aryl methyl sites for hydroxylation is 1. The zero-order valence-corrected chi connectivity index (χ0v) is 12.0. The van der Waals surface area contributed by atoms with Crippen molar-refractivity contribution in [1.29, 1.82) is 0 Å². The summed E-state index contributed by atoms with van der Waals surface area (Å²) in [4.78, 5) is 23.0. The third-order valence-corrected chi connectivity index (χ3v) is 3.77. The molecule has 1 rings (SSSR count). The third-order valence-electron chi connectivity index (χ3n) is 2.89. The maximum Gasteiger partial charge on any atom is 0.307 e. The van der Waals surface area contributed by atoms with Crippen molar-refractivity contribution in [1.82, 2.24) is 9.88 Å². The number of aromatic nitrogens is 1. The van der Waals surface area contributed by atoms with Gasteiger partial charge in [0, 0.05) is 30.6 Å². The summed E-state index contributed by atoms with van der Waals surface area (Å²) in [6.07, 6.45) is 5.01. The molecule has 0 spiro atoms. The average molecular weight is 270 g/mol. The lowest BCUT2D eigenvalue weighted by Gasteiger charge is -2.06. The number of amides is 1. The Morgan fingerprint density at radius 1 is 1.39 bits per heavy atom. The van der Waals surface area contributed by atoms with Crippen molar-refractivity contribution in [3.63, 3.8) is 0 Å². The number of nitrogens with one attached hydrogen (secondary N) is 1. The second-order valence-corrected chi connectivity index (χ2v) is 5.28. The number of carbonyl (C=O) groups excluding carboxylic acids is 1. The van der Waals surface area contributed by atoms with Crippen LogP contribution in [0.4, 0.5) is 0 Å². The smallest absolute Gasteiger partial charge is 0.307 e. The highest BCUT2D eigenvalue weighted by molar-refractivity contribution is 7.07. The van der Waals surface area contributed by atoms with Crippen molar-refractivity contribution in [2.45, 2.75) is 52.5 Å². The topological polar surface area (TPSA) is 51.1 Å². The predicted molar refractivity (Wildman–Crippen MR) is 75.1 cm³/mol. The molecule has 0 aliphatic rings. The van der Waals surface area contributed by atoms with Crippen LogP contribution >= 0.6 is 11.3 Å². The fourth-order valence-corrected chi connectivity index (χ4v) is 2.52. The summed E-state index contributed by atoms with van der Waals surface area (Å²) < 4.78 is 1.65. The highest BCUT2D eigenvalue weighted by atomic mass is 32.1. The van der Waals surface area contributed by atoms with E-state index in [1.807, 2.05) is 12.3 Å². The van der Waals surface area contributed by atoms with Gasteiger partial charge in [0.1, 0.15) is 0 Å². The molecule has 1 heterocycles. The van der Waals surface area contributed by atoms with Gasteiger partial charge in [-0.25, -0.2) is 0 Å². The zero-order chi connectivity index (χ0) is 13.4. The lowest BCUT2D eigenvalue weighted by atomic mass is 10.2. The van der Waals surface area contributed by atoms with Crippen molar-refractivity contribution in [2.75, 3.05) is 6.54 Å². The van der Waals surface area contributed by atoms with Crippen LogP contribution in [0.15, 0.2) is 10.2 Å². The van der Waals surface area contributed by atoms with Crippen LogP contribution in [0.25, 0.3) is 0 Å². The van der Waals surface area contributed by atoms with E-state index in [1.165, 1.54) is 30.6 Å². The van der Waals surface area contributed by atoms with E-state index < -0.39 is 0 Å². The van der Waals surface area contributed by atoms with Crippen LogP contribution in [0.5, 0.6) is 0 Å². The Balaban J connectivity index is 2.19. The van der Waals surface area contributed by atoms with Crippen LogP contribution in [0.3, 0.4) is 0 Å². The zero-order valence-electron chi connectivity index (χ0n) is 11.2. The highest BCUT2D eigenvalue weighted by Crippen LogP contribution is 2.01. The van der Waals surface area contributed by atoms with Crippen LogP contribution in [-0.4, -0.2) is 17.0 Å². The quantitative estimate of drug-likeness (QED) is 0.737. The van der Waals surface area contributed by atoms with Gasteiger partial charge in [-0.15, -0.1) is 0 Å². The summed E-state index contributed by atoms with van der Waals surface area (Å²) in [6.45, 7) is 5.28. The van der Waals surface area contributed by atoms with E-state index in [9.17, 15) is 9.59 Å². The van der Waals surface area contributed by atoms with Gasteiger partial charge < -0.3 is 9.88 Å². The Hall–Kier alpha value is -1.10. The Labute approximate surface area is 112 Å². The van der Waals surface area contributed by atoms with E-state index in [1.54, 1.807) is 4.57 Å². The molecule has 0 aliphatic heterocycles. The molecule has 1 aromatic rings. The molecular formula is C13H22N2O2S. The van der Waals surface area contributed by atoms with Crippen LogP contribution in [0.2, 0.25) is 0 Å². The maximum atomic E-state index is 11.6. The first-order chi connectivity index (χ1) is 8.65. The number of thiazole rings is 1. The maximum absolute atomic E-state index is 11.6. The number of unbranched alkanes of at least 4 members (excludes halogenated alkanes) is 3. The molecule has 0 fully saturated rings. The van der Waals surface area contributed by atoms with Crippen LogP contribution in [0, 0.1) is 6.92 Å². The average Bonchev–Trinajstić information content (AvgIpc) is 2.66. The SMILES string of the molecule is CCCCCCNC(=O)CCn1c(C)csc1=O. The third kappa shape index (κ3) is 5.04. The molecule has 0 aliphatic carbocycles. The molecule has 0 aromatic carbocycles. The lowest BCUT2D eigenvalue weighted by molar-refractivity contribution is -0.121. The predicted octanol–water partition coefficient (Wildman–Crippen LogP) is 2.30. The number of rotatable bonds is 8. The Morgan fingerprint density at radius 3 is 2.78 bits per heavy atom. The van der Waals surface area contributed by atoms with Crippen molar-refractivity contribution in [3.05, 3.63) is 20.7 Å². The Kier molecular flexibility index (Phi) is 6.72. The van der Waals surface area contributed by atoms with Gasteiger partial charge >= 0.3 is 4.87 Å². The Morgan fingerprint density at radius 2 is 2.17 bits per heavy atom. The van der Waals surface area contributed by atoms with Crippen LogP contribution in [-0.2, 0) is 11.3 Å². The second-order valence-electron chi connectivity index (χ2n) is 4.46. The number of nitrogens with zero attached hydrogens (tertiary/aromatic N) is 1. The van der Waals surface area contributed by atoms with Gasteiger partial charge in [-0.3, -0.25) is 9.59 Å². The number of hydrogen-bond acceptors (Lipinski definition) is 3. The van der Waals surface area contributed by atoms with Crippen LogP contribution in [0.1, 0.15) is 44.7 Å². The first kappa shape index (κ1) is 15.0. The van der Waals surface area contributed by atoms with Crippen molar-refractivity contribution < 1.29 is 4.79 Å². The Bertz CT molecular complexity index is 423. The number of carbonyl (C=O) groups is 1. The molecule has 0 saturated carbocycles. The molecule has 1 amide bonds. The molecule has 1 aromatic heterocycles. The van der Waals surface area contributed by atoms with E-state index >= 15 is 0 Å². The molecule has 18 heavy (non-hydrogen) atoms. The fraction of sp³-hybridized carbons (Fsp3) is 0.692. The highest BCUT2D eigenvalue weighted by Gasteiger charge is 2.05. The normalized spacial score (nSPS) is 10.6. The first-order valence-corrected chi connectivity index (χ1v) is 7.44. The van der Waals surface area contributed by atoms with Gasteiger partial charge in [-0.05, 0) is 13.3 Å². The van der Waals surface area contributed by atoms with Gasteiger partial charge in [-0.1, -0.05) is 37.5 Å². The fourth-order valence-electron chi connectivity index (χ4n) is 1.76. The summed E-state index contributed by atoms with van der Waals surface area (Å²) in [7, 11) is 0. The molecule has 0 bridgehead atoms. The minimum Gasteiger partial charge on any atom is -0.356 e. The molecule has 0 radical (unpaired) electrons. The van der Waals surface area contributed by atoms with E-state index in [0.29, 0.717) is 13.0 Å². The van der Waals surface area contributed by atoms with E-state index in [4.69, 9.17) is 0 Å². The first-order valence-electron chi connectivity index (χ1n) is 6.56.